The van der Waals surface area contributed by atoms with Gasteiger partial charge in [-0.1, -0.05) is 17.7 Å². The number of nitrogens with zero attached hydrogens (tertiary/aromatic N) is 4. The van der Waals surface area contributed by atoms with Crippen LogP contribution in [-0.2, 0) is 4.79 Å². The lowest BCUT2D eigenvalue weighted by Gasteiger charge is -2.35. The highest BCUT2D eigenvalue weighted by atomic mass is 16.2. The smallest absolute Gasteiger partial charge is 0.303 e. The molecule has 25 heavy (non-hydrogen) atoms. The van der Waals surface area contributed by atoms with E-state index in [0.717, 1.165) is 22.6 Å². The van der Waals surface area contributed by atoms with Crippen molar-refractivity contribution in [1.29, 1.82) is 0 Å². The number of nitrogens with one attached hydrogen (secondary N) is 1. The number of carbonyl (C=O) groups excluding carboxylic acids is 2. The molecule has 130 valence electrons. The van der Waals surface area contributed by atoms with Crippen molar-refractivity contribution in [3.05, 3.63) is 40.7 Å². The third-order valence-corrected chi connectivity index (χ3v) is 5.25. The predicted molar refractivity (Wildman–Crippen MR) is 94.9 cm³/mol. The van der Waals surface area contributed by atoms with Gasteiger partial charge in [0.1, 0.15) is 0 Å². The molecule has 1 aromatic carbocycles. The van der Waals surface area contributed by atoms with Crippen LogP contribution in [0, 0.1) is 13.8 Å². The highest BCUT2D eigenvalue weighted by molar-refractivity contribution is 6.10. The number of hydrogen-bond donors (Lipinski definition) is 1. The van der Waals surface area contributed by atoms with E-state index in [1.807, 2.05) is 18.7 Å². The molecule has 3 aliphatic rings. The van der Waals surface area contributed by atoms with Crippen LogP contribution in [0.2, 0.25) is 0 Å². The second-order valence-corrected chi connectivity index (χ2v) is 6.86. The molecule has 1 aromatic rings. The fourth-order valence-corrected chi connectivity index (χ4v) is 3.80. The number of aryl methyl sites for hydroxylation is 2. The molecule has 0 aromatic heterocycles. The number of imide groups is 1. The van der Waals surface area contributed by atoms with Crippen LogP contribution in [0.1, 0.15) is 25.0 Å². The maximum atomic E-state index is 12.5. The summed E-state index contributed by atoms with van der Waals surface area (Å²) >= 11 is 0. The van der Waals surface area contributed by atoms with E-state index in [2.05, 4.69) is 42.3 Å². The topological polar surface area (TPSA) is 68.2 Å². The molecule has 1 N–H and O–H groups in total. The van der Waals surface area contributed by atoms with E-state index < -0.39 is 18.2 Å². The van der Waals surface area contributed by atoms with Gasteiger partial charge in [-0.15, -0.1) is 0 Å². The molecule has 1 fully saturated rings. The maximum absolute atomic E-state index is 12.5. The van der Waals surface area contributed by atoms with Gasteiger partial charge in [0.15, 0.2) is 12.2 Å². The summed E-state index contributed by atoms with van der Waals surface area (Å²) in [4.78, 5) is 34.7. The van der Waals surface area contributed by atoms with E-state index in [1.165, 1.54) is 10.5 Å². The molecule has 7 nitrogen and oxygen atoms in total. The van der Waals surface area contributed by atoms with Crippen LogP contribution in [0.4, 0.5) is 10.5 Å². The van der Waals surface area contributed by atoms with E-state index >= 15 is 0 Å². The van der Waals surface area contributed by atoms with Gasteiger partial charge in [0.25, 0.3) is 5.91 Å². The number of carbonyl (C=O) groups is 2. The Morgan fingerprint density at radius 2 is 1.80 bits per heavy atom. The van der Waals surface area contributed by atoms with Crippen molar-refractivity contribution in [2.75, 3.05) is 11.9 Å². The zero-order valence-electron chi connectivity index (χ0n) is 15.0. The number of benzene rings is 1. The summed E-state index contributed by atoms with van der Waals surface area (Å²) in [5.74, 6) is 0.398. The zero-order chi connectivity index (χ0) is 18.0. The van der Waals surface area contributed by atoms with Gasteiger partial charge in [-0.25, -0.2) is 9.79 Å². The molecule has 0 saturated carbocycles. The standard InChI is InChI=1S/C18H21N5O2/c1-9-6-7-13(10(2)8-9)22-11(3)12(4)23-14-15(19-17(22)23)21(5)18(25)20-16(14)24/h6-8,14-15H,1-5H3,(H,20,24,25). The Hall–Kier alpha value is -2.83. The van der Waals surface area contributed by atoms with E-state index in [1.54, 1.807) is 7.05 Å². The van der Waals surface area contributed by atoms with Crippen LogP contribution < -0.4 is 10.2 Å². The Balaban J connectivity index is 1.84. The Labute approximate surface area is 146 Å². The number of hydrogen-bond acceptors (Lipinski definition) is 5. The Morgan fingerprint density at radius 3 is 2.48 bits per heavy atom. The summed E-state index contributed by atoms with van der Waals surface area (Å²) in [6.45, 7) is 8.15. The van der Waals surface area contributed by atoms with Crippen molar-refractivity contribution in [2.45, 2.75) is 39.9 Å². The van der Waals surface area contributed by atoms with Crippen LogP contribution in [0.3, 0.4) is 0 Å². The first-order valence-corrected chi connectivity index (χ1v) is 8.31. The van der Waals surface area contributed by atoms with Crippen molar-refractivity contribution < 1.29 is 9.59 Å². The second-order valence-electron chi connectivity index (χ2n) is 6.86. The molecule has 7 heteroatoms. The molecule has 0 spiro atoms. The number of aliphatic imine (C=N–C) groups is 1. The molecule has 0 aliphatic carbocycles. The molecular formula is C18H21N5O2. The molecule has 3 amide bonds. The van der Waals surface area contributed by atoms with E-state index in [4.69, 9.17) is 4.99 Å². The van der Waals surface area contributed by atoms with Gasteiger partial charge in [0.2, 0.25) is 5.96 Å². The number of allylic oxidation sites excluding steroid dienone is 2. The van der Waals surface area contributed by atoms with E-state index in [0.29, 0.717) is 5.96 Å². The minimum absolute atomic E-state index is 0.304. The van der Waals surface area contributed by atoms with Gasteiger partial charge in [-0.05, 0) is 39.3 Å². The van der Waals surface area contributed by atoms with Crippen molar-refractivity contribution in [2.24, 2.45) is 4.99 Å². The number of rotatable bonds is 1. The van der Waals surface area contributed by atoms with Crippen LogP contribution in [-0.4, -0.2) is 47.0 Å². The van der Waals surface area contributed by atoms with Gasteiger partial charge < -0.3 is 4.90 Å². The second kappa shape index (κ2) is 5.08. The summed E-state index contributed by atoms with van der Waals surface area (Å²) in [7, 11) is 1.67. The minimum Gasteiger partial charge on any atom is -0.303 e. The molecule has 4 rings (SSSR count). The maximum Gasteiger partial charge on any atom is 0.325 e. The predicted octanol–water partition coefficient (Wildman–Crippen LogP) is 1.92. The highest BCUT2D eigenvalue weighted by Gasteiger charge is 2.53. The number of anilines is 1. The number of urea groups is 1. The lowest BCUT2D eigenvalue weighted by atomic mass is 10.1. The Bertz CT molecular complexity index is 872. The molecule has 2 atom stereocenters. The fourth-order valence-electron chi connectivity index (χ4n) is 3.80. The Morgan fingerprint density at radius 1 is 1.08 bits per heavy atom. The first-order valence-electron chi connectivity index (χ1n) is 8.31. The summed E-state index contributed by atoms with van der Waals surface area (Å²) in [6.07, 6.45) is -0.507. The molecule has 1 saturated heterocycles. The number of guanidine groups is 1. The van der Waals surface area contributed by atoms with Crippen molar-refractivity contribution in [3.63, 3.8) is 0 Å². The number of fused-ring (bicyclic) bond motifs is 3. The van der Waals surface area contributed by atoms with Crippen molar-refractivity contribution >= 4 is 23.6 Å². The lowest BCUT2D eigenvalue weighted by Crippen LogP contribution is -2.63. The van der Waals surface area contributed by atoms with Gasteiger partial charge in [-0.2, -0.15) is 0 Å². The van der Waals surface area contributed by atoms with Crippen LogP contribution >= 0.6 is 0 Å². The monoisotopic (exact) mass is 339 g/mol. The summed E-state index contributed by atoms with van der Waals surface area (Å²) < 4.78 is 0. The van der Waals surface area contributed by atoms with Crippen LogP contribution in [0.25, 0.3) is 0 Å². The van der Waals surface area contributed by atoms with Gasteiger partial charge >= 0.3 is 6.03 Å². The molecule has 0 bridgehead atoms. The molecule has 3 heterocycles. The average Bonchev–Trinajstić information content (AvgIpc) is 3.04. The molecular weight excluding hydrogens is 318 g/mol. The van der Waals surface area contributed by atoms with Gasteiger partial charge in [0.05, 0.1) is 5.69 Å². The summed E-state index contributed by atoms with van der Waals surface area (Å²) in [5.41, 5.74) is 5.39. The minimum atomic E-state index is -0.525. The molecule has 0 radical (unpaired) electrons. The lowest BCUT2D eigenvalue weighted by molar-refractivity contribution is -0.126. The average molecular weight is 339 g/mol. The number of likely N-dealkylation sites (N-methyl/N-ethyl adjacent to an activating group) is 1. The van der Waals surface area contributed by atoms with Crippen molar-refractivity contribution in [3.8, 4) is 0 Å². The molecule has 2 unspecified atom stereocenters. The van der Waals surface area contributed by atoms with Crippen LogP contribution in [0.15, 0.2) is 34.6 Å². The first kappa shape index (κ1) is 15.7. The van der Waals surface area contributed by atoms with Gasteiger partial charge in [-0.3, -0.25) is 19.9 Å². The Kier molecular flexibility index (Phi) is 3.19. The first-order chi connectivity index (χ1) is 11.8. The number of amides is 3. The van der Waals surface area contributed by atoms with E-state index in [-0.39, 0.29) is 5.91 Å². The van der Waals surface area contributed by atoms with Gasteiger partial charge in [0, 0.05) is 18.4 Å². The van der Waals surface area contributed by atoms with E-state index in [9.17, 15) is 9.59 Å². The normalized spacial score (nSPS) is 25.3. The molecule has 3 aliphatic heterocycles. The third-order valence-electron chi connectivity index (χ3n) is 5.25. The third kappa shape index (κ3) is 2.01. The largest absolute Gasteiger partial charge is 0.325 e. The SMILES string of the molecule is CC1=C(C)N2C(=NC3C2C(=O)NC(=O)N3C)N1c1ccc(C)cc1C. The van der Waals surface area contributed by atoms with Crippen LogP contribution in [0.5, 0.6) is 0 Å². The zero-order valence-corrected chi connectivity index (χ0v) is 15.0. The fraction of sp³-hybridized carbons (Fsp3) is 0.389. The summed E-state index contributed by atoms with van der Waals surface area (Å²) in [5, 5.41) is 2.41. The quantitative estimate of drug-likeness (QED) is 0.849. The van der Waals surface area contributed by atoms with Crippen molar-refractivity contribution in [1.82, 2.24) is 15.1 Å². The summed E-state index contributed by atoms with van der Waals surface area (Å²) in [6, 6.07) is 5.34. The highest BCUT2D eigenvalue weighted by Crippen LogP contribution is 2.39.